The van der Waals surface area contributed by atoms with Gasteiger partial charge in [-0.05, 0) is 31.2 Å². The van der Waals surface area contributed by atoms with Crippen molar-refractivity contribution in [2.75, 3.05) is 51.2 Å². The van der Waals surface area contributed by atoms with Crippen molar-refractivity contribution in [3.05, 3.63) is 51.4 Å². The summed E-state index contributed by atoms with van der Waals surface area (Å²) in [5.41, 5.74) is 3.06. The van der Waals surface area contributed by atoms with Crippen LogP contribution in [0.3, 0.4) is 0 Å². The van der Waals surface area contributed by atoms with Gasteiger partial charge in [0.25, 0.3) is 11.6 Å². The summed E-state index contributed by atoms with van der Waals surface area (Å²) in [5.74, 6) is 0. The van der Waals surface area contributed by atoms with Gasteiger partial charge in [0, 0.05) is 57.2 Å². The monoisotopic (exact) mass is 450 g/mol. The minimum Gasteiger partial charge on any atom is -0.423 e. The summed E-state index contributed by atoms with van der Waals surface area (Å²) in [4.78, 5) is 31.5. The molecule has 0 saturated carbocycles. The maximum Gasteiger partial charge on any atom is 0.298 e. The van der Waals surface area contributed by atoms with Crippen LogP contribution in [0.2, 0.25) is 0 Å². The Balaban J connectivity index is 1.12. The van der Waals surface area contributed by atoms with Crippen LogP contribution >= 0.6 is 11.3 Å². The second-order valence-electron chi connectivity index (χ2n) is 8.71. The lowest BCUT2D eigenvalue weighted by molar-refractivity contribution is 0.243. The van der Waals surface area contributed by atoms with Gasteiger partial charge in [-0.25, -0.2) is 4.98 Å². The molecule has 0 N–H and O–H groups in total. The van der Waals surface area contributed by atoms with Crippen molar-refractivity contribution in [1.82, 2.24) is 24.3 Å². The molecule has 0 unspecified atom stereocenters. The number of fused-ring (bicyclic) bond motifs is 4. The topological polar surface area (TPSA) is 70.6 Å². The van der Waals surface area contributed by atoms with Gasteiger partial charge in [0.1, 0.15) is 10.3 Å². The van der Waals surface area contributed by atoms with Crippen molar-refractivity contribution in [2.45, 2.75) is 19.5 Å². The summed E-state index contributed by atoms with van der Waals surface area (Å²) >= 11 is 1.68. The highest BCUT2D eigenvalue weighted by Gasteiger charge is 2.23. The molecule has 0 spiro atoms. The number of para-hydroxylation sites is 2. The lowest BCUT2D eigenvalue weighted by Crippen LogP contribution is -2.47. The SMILES string of the molecule is CN1CCc2c(sc3ncn(CCN4CCN(c5nc6ccccc6o5)CC4)c(=O)c23)C1. The van der Waals surface area contributed by atoms with Crippen molar-refractivity contribution >= 4 is 38.7 Å². The largest absolute Gasteiger partial charge is 0.423 e. The smallest absolute Gasteiger partial charge is 0.298 e. The molecule has 6 rings (SSSR count). The van der Waals surface area contributed by atoms with E-state index in [4.69, 9.17) is 4.42 Å². The Hall–Kier alpha value is -2.75. The first-order valence-electron chi connectivity index (χ1n) is 11.2. The molecular weight excluding hydrogens is 424 g/mol. The quantitative estimate of drug-likeness (QED) is 0.473. The van der Waals surface area contributed by atoms with Gasteiger partial charge in [-0.1, -0.05) is 12.1 Å². The van der Waals surface area contributed by atoms with Crippen molar-refractivity contribution in [1.29, 1.82) is 0 Å². The van der Waals surface area contributed by atoms with Gasteiger partial charge in [-0.3, -0.25) is 14.3 Å². The summed E-state index contributed by atoms with van der Waals surface area (Å²) in [6.07, 6.45) is 2.66. The predicted octanol–water partition coefficient (Wildman–Crippen LogP) is 2.41. The fourth-order valence-corrected chi connectivity index (χ4v) is 5.97. The van der Waals surface area contributed by atoms with Crippen LogP contribution in [0, 0.1) is 0 Å². The van der Waals surface area contributed by atoms with Gasteiger partial charge >= 0.3 is 0 Å². The molecule has 4 aromatic rings. The fraction of sp³-hybridized carbons (Fsp3) is 0.435. The summed E-state index contributed by atoms with van der Waals surface area (Å²) in [7, 11) is 2.13. The van der Waals surface area contributed by atoms with Gasteiger partial charge < -0.3 is 14.2 Å². The molecule has 1 aromatic carbocycles. The van der Waals surface area contributed by atoms with Crippen LogP contribution in [-0.4, -0.2) is 70.7 Å². The summed E-state index contributed by atoms with van der Waals surface area (Å²) in [6, 6.07) is 8.57. The first-order chi connectivity index (χ1) is 15.7. The third-order valence-electron chi connectivity index (χ3n) is 6.60. The molecule has 0 bridgehead atoms. The van der Waals surface area contributed by atoms with Crippen molar-refractivity contribution in [3.63, 3.8) is 0 Å². The van der Waals surface area contributed by atoms with E-state index in [-0.39, 0.29) is 5.56 Å². The molecule has 2 aliphatic heterocycles. The zero-order valence-electron chi connectivity index (χ0n) is 18.2. The van der Waals surface area contributed by atoms with Gasteiger partial charge in [0.05, 0.1) is 11.7 Å². The second-order valence-corrected chi connectivity index (χ2v) is 9.79. The number of hydrogen-bond acceptors (Lipinski definition) is 8. The van der Waals surface area contributed by atoms with E-state index in [1.165, 1.54) is 10.4 Å². The van der Waals surface area contributed by atoms with E-state index in [0.29, 0.717) is 12.6 Å². The van der Waals surface area contributed by atoms with E-state index in [2.05, 4.69) is 31.7 Å². The van der Waals surface area contributed by atoms with Gasteiger partial charge in [-0.2, -0.15) is 4.98 Å². The molecule has 32 heavy (non-hydrogen) atoms. The Labute approximate surface area is 189 Å². The summed E-state index contributed by atoms with van der Waals surface area (Å²) < 4.78 is 7.71. The van der Waals surface area contributed by atoms with Crippen LogP contribution in [0.1, 0.15) is 10.4 Å². The number of piperazine rings is 1. The molecule has 2 aliphatic rings. The van der Waals surface area contributed by atoms with Crippen LogP contribution in [0.15, 0.2) is 39.8 Å². The molecule has 0 atom stereocenters. The lowest BCUT2D eigenvalue weighted by atomic mass is 10.1. The van der Waals surface area contributed by atoms with Crippen LogP contribution in [0.4, 0.5) is 6.01 Å². The number of nitrogens with zero attached hydrogens (tertiary/aromatic N) is 6. The van der Waals surface area contributed by atoms with E-state index in [9.17, 15) is 4.79 Å². The maximum absolute atomic E-state index is 13.2. The Bertz CT molecular complexity index is 1300. The van der Waals surface area contributed by atoms with Crippen molar-refractivity contribution < 1.29 is 4.42 Å². The average Bonchev–Trinajstić information content (AvgIpc) is 3.40. The number of thiophene rings is 1. The first kappa shape index (κ1) is 19.9. The fourth-order valence-electron chi connectivity index (χ4n) is 4.71. The Kier molecular flexibility index (Phi) is 4.97. The van der Waals surface area contributed by atoms with Crippen LogP contribution in [0.5, 0.6) is 0 Å². The minimum absolute atomic E-state index is 0.113. The molecular formula is C23H26N6O2S. The van der Waals surface area contributed by atoms with E-state index >= 15 is 0 Å². The molecule has 0 radical (unpaired) electrons. The molecule has 5 heterocycles. The molecule has 1 fully saturated rings. The number of aromatic nitrogens is 3. The summed E-state index contributed by atoms with van der Waals surface area (Å²) in [5, 5.41) is 0.848. The number of benzene rings is 1. The van der Waals surface area contributed by atoms with Crippen LogP contribution in [0.25, 0.3) is 21.3 Å². The van der Waals surface area contributed by atoms with E-state index in [0.717, 1.165) is 73.6 Å². The molecule has 8 nitrogen and oxygen atoms in total. The third kappa shape index (κ3) is 3.50. The number of likely N-dealkylation sites (N-methyl/N-ethyl adjacent to an activating group) is 1. The van der Waals surface area contributed by atoms with Crippen molar-refractivity contribution in [2.24, 2.45) is 0 Å². The van der Waals surface area contributed by atoms with Crippen LogP contribution in [-0.2, 0) is 19.5 Å². The zero-order chi connectivity index (χ0) is 21.7. The predicted molar refractivity (Wildman–Crippen MR) is 127 cm³/mol. The number of rotatable bonds is 4. The minimum atomic E-state index is 0.113. The highest BCUT2D eigenvalue weighted by molar-refractivity contribution is 7.18. The molecule has 0 amide bonds. The maximum atomic E-state index is 13.2. The number of hydrogen-bond donors (Lipinski definition) is 0. The number of anilines is 1. The third-order valence-corrected chi connectivity index (χ3v) is 7.73. The number of oxazole rings is 1. The van der Waals surface area contributed by atoms with Crippen LogP contribution < -0.4 is 10.5 Å². The molecule has 166 valence electrons. The Morgan fingerprint density at radius 2 is 1.94 bits per heavy atom. The average molecular weight is 451 g/mol. The normalized spacial score (nSPS) is 18.0. The van der Waals surface area contributed by atoms with Gasteiger partial charge in [-0.15, -0.1) is 11.3 Å². The standard InChI is InChI=1S/C23H26N6O2S/c1-26-7-6-16-19(14-26)32-21-20(16)22(30)29(15-24-21)13-10-27-8-11-28(12-9-27)23-25-17-4-2-3-5-18(17)31-23/h2-5,15H,6-14H2,1H3. The summed E-state index contributed by atoms with van der Waals surface area (Å²) in [6.45, 7) is 6.98. The molecule has 0 aliphatic carbocycles. The van der Waals surface area contributed by atoms with E-state index in [1.54, 1.807) is 22.2 Å². The lowest BCUT2D eigenvalue weighted by Gasteiger charge is -2.33. The molecule has 3 aromatic heterocycles. The molecule has 1 saturated heterocycles. The van der Waals surface area contributed by atoms with Gasteiger partial charge in [0.15, 0.2) is 5.58 Å². The van der Waals surface area contributed by atoms with Gasteiger partial charge in [0.2, 0.25) is 0 Å². The second kappa shape index (κ2) is 7.99. The van der Waals surface area contributed by atoms with E-state index < -0.39 is 0 Å². The zero-order valence-corrected chi connectivity index (χ0v) is 19.0. The van der Waals surface area contributed by atoms with Crippen molar-refractivity contribution in [3.8, 4) is 0 Å². The first-order valence-corrected chi connectivity index (χ1v) is 12.0. The Morgan fingerprint density at radius 1 is 1.09 bits per heavy atom. The van der Waals surface area contributed by atoms with E-state index in [1.807, 2.05) is 24.3 Å². The Morgan fingerprint density at radius 3 is 2.78 bits per heavy atom. The highest BCUT2D eigenvalue weighted by Crippen LogP contribution is 2.31. The highest BCUT2D eigenvalue weighted by atomic mass is 32.1. The molecule has 9 heteroatoms.